The predicted molar refractivity (Wildman–Crippen MR) is 159 cm³/mol. The number of ether oxygens (including phenoxy) is 1. The van der Waals surface area contributed by atoms with Crippen LogP contribution in [0.3, 0.4) is 0 Å². The molecule has 0 unspecified atom stereocenters. The van der Waals surface area contributed by atoms with E-state index >= 15 is 0 Å². The fraction of sp³-hybridized carbons (Fsp3) is 0.424. The van der Waals surface area contributed by atoms with E-state index in [1.54, 1.807) is 19.1 Å². The minimum atomic E-state index is -1.58. The van der Waals surface area contributed by atoms with Gasteiger partial charge in [-0.1, -0.05) is 6.07 Å². The number of nitrogens with zero attached hydrogens (tertiary/aromatic N) is 2. The Morgan fingerprint density at radius 3 is 2.57 bits per heavy atom. The second kappa shape index (κ2) is 10.5. The first-order valence-corrected chi connectivity index (χ1v) is 14.9. The number of phenols is 2. The fourth-order valence-corrected chi connectivity index (χ4v) is 7.22. The Hall–Kier alpha value is -4.67. The molecule has 0 spiro atoms. The highest BCUT2D eigenvalue weighted by Crippen LogP contribution is 2.57. The van der Waals surface area contributed by atoms with Crippen LogP contribution in [-0.4, -0.2) is 62.6 Å². The minimum Gasteiger partial charge on any atom is -0.507 e. The van der Waals surface area contributed by atoms with Crippen molar-refractivity contribution in [2.75, 3.05) is 19.6 Å². The normalized spacial score (nSPS) is 24.5. The maximum Gasteiger partial charge on any atom is 0.250 e. The van der Waals surface area contributed by atoms with Gasteiger partial charge in [-0.3, -0.25) is 24.0 Å². The van der Waals surface area contributed by atoms with Crippen molar-refractivity contribution in [1.29, 1.82) is 0 Å². The predicted octanol–water partition coefficient (Wildman–Crippen LogP) is 2.75. The number of fused-ring (bicyclic) bond motifs is 7. The summed E-state index contributed by atoms with van der Waals surface area (Å²) in [5.74, 6) is -2.27. The molecule has 11 nitrogen and oxygen atoms in total. The summed E-state index contributed by atoms with van der Waals surface area (Å²) in [7, 11) is 0. The lowest BCUT2D eigenvalue weighted by Crippen LogP contribution is -2.49. The van der Waals surface area contributed by atoms with Gasteiger partial charge in [-0.2, -0.15) is 0 Å². The van der Waals surface area contributed by atoms with E-state index in [4.69, 9.17) is 4.74 Å². The molecule has 0 radical (unpaired) electrons. The molecule has 3 N–H and O–H groups in total. The van der Waals surface area contributed by atoms with E-state index in [0.717, 1.165) is 12.1 Å². The summed E-state index contributed by atoms with van der Waals surface area (Å²) in [5, 5.41) is 24.6. The molecule has 230 valence electrons. The molecular weight excluding hydrogens is 566 g/mol. The molecule has 3 atom stereocenters. The number of pyridine rings is 1. The van der Waals surface area contributed by atoms with E-state index in [0.29, 0.717) is 38.3 Å². The number of amides is 1. The first-order valence-electron chi connectivity index (χ1n) is 14.9. The fourth-order valence-electron chi connectivity index (χ4n) is 7.22. The Kier molecular flexibility index (Phi) is 7.02. The number of likely N-dealkylation sites (tertiary alicyclic amines) is 1. The zero-order valence-corrected chi connectivity index (χ0v) is 25.2. The third kappa shape index (κ3) is 4.36. The van der Waals surface area contributed by atoms with Crippen molar-refractivity contribution < 1.29 is 34.1 Å². The van der Waals surface area contributed by atoms with Crippen LogP contribution >= 0.6 is 0 Å². The SMILES string of the molecule is CC(=O)c1c(O)c(C)c(O)c2c1OC1=CC(=O)/C(=C(/C)NCCCC(=O)N3C[C@@H]4C[C@H](C3)c3cccc(=O)n3C4)C(=O)[C@@]12C. The van der Waals surface area contributed by atoms with Crippen LogP contribution in [0.4, 0.5) is 0 Å². The molecule has 6 rings (SSSR count). The summed E-state index contributed by atoms with van der Waals surface area (Å²) < 4.78 is 7.64. The zero-order chi connectivity index (χ0) is 31.7. The van der Waals surface area contributed by atoms with E-state index in [1.807, 2.05) is 15.5 Å². The maximum absolute atomic E-state index is 13.9. The smallest absolute Gasteiger partial charge is 0.250 e. The molecule has 4 aliphatic rings. The van der Waals surface area contributed by atoms with Crippen LogP contribution in [-0.2, 0) is 26.3 Å². The molecule has 3 aliphatic heterocycles. The number of hydrogen-bond donors (Lipinski definition) is 3. The molecule has 1 aromatic carbocycles. The molecular formula is C33H35N3O8. The zero-order valence-electron chi connectivity index (χ0n) is 25.2. The van der Waals surface area contributed by atoms with Crippen molar-refractivity contribution in [2.24, 2.45) is 5.92 Å². The molecule has 2 bridgehead atoms. The summed E-state index contributed by atoms with van der Waals surface area (Å²) in [6, 6.07) is 5.31. The first kappa shape index (κ1) is 29.4. The van der Waals surface area contributed by atoms with Crippen molar-refractivity contribution in [3.8, 4) is 17.2 Å². The Labute approximate surface area is 253 Å². The number of benzene rings is 1. The van der Waals surface area contributed by atoms with Gasteiger partial charge in [0.25, 0.3) is 5.56 Å². The van der Waals surface area contributed by atoms with E-state index in [9.17, 15) is 34.2 Å². The topological polar surface area (TPSA) is 155 Å². The van der Waals surface area contributed by atoms with Gasteiger partial charge in [-0.05, 0) is 52.5 Å². The van der Waals surface area contributed by atoms with Crippen molar-refractivity contribution in [3.05, 3.63) is 74.0 Å². The summed E-state index contributed by atoms with van der Waals surface area (Å²) in [6.45, 7) is 7.95. The average Bonchev–Trinajstić information content (AvgIpc) is 3.27. The van der Waals surface area contributed by atoms with Crippen molar-refractivity contribution in [1.82, 2.24) is 14.8 Å². The van der Waals surface area contributed by atoms with Gasteiger partial charge in [0.1, 0.15) is 34.0 Å². The Morgan fingerprint density at radius 1 is 1.09 bits per heavy atom. The highest BCUT2D eigenvalue weighted by molar-refractivity contribution is 6.31. The first-order chi connectivity index (χ1) is 20.8. The monoisotopic (exact) mass is 601 g/mol. The number of ketones is 3. The standard InChI is InChI=1S/C33H35N3O8/c1-16-29(41)27(18(3)37)31-28(30(16)42)33(4)23(44-31)12-22(38)26(32(33)43)17(2)34-10-6-9-24(39)35-13-19-11-20(15-35)21-7-5-8-25(40)36(21)14-19/h5,7-8,12,19-20,34,41-42H,6,9-11,13-15H2,1-4H3/b26-17+/t19-,20+,33-/m0/s1. The van der Waals surface area contributed by atoms with Crippen LogP contribution in [0, 0.1) is 12.8 Å². The Balaban J connectivity index is 1.15. The lowest BCUT2D eigenvalue weighted by molar-refractivity contribution is -0.134. The van der Waals surface area contributed by atoms with Crippen molar-refractivity contribution in [3.63, 3.8) is 0 Å². The van der Waals surface area contributed by atoms with Gasteiger partial charge in [0.05, 0.1) is 11.1 Å². The van der Waals surface area contributed by atoms with Crippen LogP contribution < -0.4 is 15.6 Å². The summed E-state index contributed by atoms with van der Waals surface area (Å²) in [6.07, 6.45) is 2.90. The Morgan fingerprint density at radius 2 is 1.84 bits per heavy atom. The quantitative estimate of drug-likeness (QED) is 0.196. The molecule has 1 aromatic heterocycles. The lowest BCUT2D eigenvalue weighted by atomic mass is 9.70. The van der Waals surface area contributed by atoms with Gasteiger partial charge >= 0.3 is 0 Å². The molecule has 1 aliphatic carbocycles. The van der Waals surface area contributed by atoms with E-state index < -0.39 is 28.5 Å². The number of allylic oxidation sites excluding steroid dienone is 4. The van der Waals surface area contributed by atoms with Crippen LogP contribution in [0.25, 0.3) is 0 Å². The van der Waals surface area contributed by atoms with Gasteiger partial charge in [-0.25, -0.2) is 0 Å². The molecule has 11 heteroatoms. The highest BCUT2D eigenvalue weighted by atomic mass is 16.5. The van der Waals surface area contributed by atoms with Crippen molar-refractivity contribution in [2.45, 2.75) is 64.8 Å². The number of piperidine rings is 1. The second-order valence-electron chi connectivity index (χ2n) is 12.4. The molecule has 2 aromatic rings. The number of carbonyl (C=O) groups is 4. The largest absolute Gasteiger partial charge is 0.507 e. The molecule has 44 heavy (non-hydrogen) atoms. The summed E-state index contributed by atoms with van der Waals surface area (Å²) >= 11 is 0. The van der Waals surface area contributed by atoms with Gasteiger partial charge in [0.15, 0.2) is 17.3 Å². The van der Waals surface area contributed by atoms with Gasteiger partial charge < -0.3 is 29.7 Å². The van der Waals surface area contributed by atoms with Crippen LogP contribution in [0.15, 0.2) is 46.1 Å². The molecule has 1 amide bonds. The summed E-state index contributed by atoms with van der Waals surface area (Å²) in [5.41, 5.74) is -0.467. The minimum absolute atomic E-state index is 0.000123. The number of aromatic nitrogens is 1. The number of hydrogen-bond acceptors (Lipinski definition) is 9. The number of phenolic OH excluding ortho intramolecular Hbond substituents is 2. The highest BCUT2D eigenvalue weighted by Gasteiger charge is 2.56. The summed E-state index contributed by atoms with van der Waals surface area (Å²) in [4.78, 5) is 66.7. The molecule has 4 heterocycles. The number of rotatable bonds is 6. The average molecular weight is 602 g/mol. The van der Waals surface area contributed by atoms with Gasteiger partial charge in [0.2, 0.25) is 5.91 Å². The van der Waals surface area contributed by atoms with E-state index in [1.165, 1.54) is 26.8 Å². The number of nitrogens with one attached hydrogen (secondary N) is 1. The maximum atomic E-state index is 13.9. The second-order valence-corrected chi connectivity index (χ2v) is 12.4. The van der Waals surface area contributed by atoms with Crippen molar-refractivity contribution >= 4 is 23.3 Å². The van der Waals surface area contributed by atoms with Gasteiger partial charge in [-0.15, -0.1) is 0 Å². The Bertz CT molecular complexity index is 1780. The third-order valence-corrected chi connectivity index (χ3v) is 9.55. The molecule has 1 fully saturated rings. The number of carbonyl (C=O) groups excluding carboxylic acids is 4. The van der Waals surface area contributed by atoms with E-state index in [-0.39, 0.29) is 69.2 Å². The van der Waals surface area contributed by atoms with Crippen LogP contribution in [0.5, 0.6) is 17.2 Å². The van der Waals surface area contributed by atoms with E-state index in [2.05, 4.69) is 5.32 Å². The number of Topliss-reactive ketones (excluding diaryl/α,β-unsaturated/α-hetero) is 2. The van der Waals surface area contributed by atoms with Crippen LogP contribution in [0.1, 0.15) is 73.1 Å². The molecule has 1 saturated heterocycles. The third-order valence-electron chi connectivity index (χ3n) is 9.55. The van der Waals surface area contributed by atoms with Gasteiger partial charge in [0, 0.05) is 67.6 Å². The lowest BCUT2D eigenvalue weighted by Gasteiger charge is -2.42. The molecule has 0 saturated carbocycles. The number of aromatic hydroxyl groups is 2. The van der Waals surface area contributed by atoms with Crippen LogP contribution in [0.2, 0.25) is 0 Å².